The number of amides is 1. The minimum Gasteiger partial charge on any atom is -0.272 e. The van der Waals surface area contributed by atoms with E-state index < -0.39 is 17.6 Å². The standard InChI is InChI=1S/C25H19F3N4O2S/c1-16-8-2-7-13-21(16)32-23(34)18-10-4-6-12-20(18)30-24(32)35-15-22(33)31-29-14-17-9-3-5-11-19(17)25(26,27)28/h2-14H,15H2,1H3,(H,31,33)/b29-14-. The Bertz CT molecular complexity index is 1480. The molecule has 10 heteroatoms. The van der Waals surface area contributed by atoms with Crippen LogP contribution in [0.15, 0.2) is 87.8 Å². The van der Waals surface area contributed by atoms with Gasteiger partial charge in [0, 0.05) is 5.56 Å². The lowest BCUT2D eigenvalue weighted by molar-refractivity contribution is -0.137. The fourth-order valence-corrected chi connectivity index (χ4v) is 4.24. The number of nitrogens with one attached hydrogen (secondary N) is 1. The molecular formula is C25H19F3N4O2S. The molecule has 3 aromatic carbocycles. The average molecular weight is 497 g/mol. The predicted molar refractivity (Wildman–Crippen MR) is 130 cm³/mol. The molecule has 0 saturated carbocycles. The Kier molecular flexibility index (Phi) is 7.02. The summed E-state index contributed by atoms with van der Waals surface area (Å²) in [6.07, 6.45) is -3.59. The Morgan fingerprint density at radius 1 is 1.06 bits per heavy atom. The maximum absolute atomic E-state index is 13.3. The normalized spacial score (nSPS) is 11.8. The first-order valence-corrected chi connectivity index (χ1v) is 11.4. The van der Waals surface area contributed by atoms with Gasteiger partial charge < -0.3 is 0 Å². The Morgan fingerprint density at radius 3 is 2.51 bits per heavy atom. The molecule has 0 aliphatic rings. The van der Waals surface area contributed by atoms with Crippen molar-refractivity contribution < 1.29 is 18.0 Å². The summed E-state index contributed by atoms with van der Waals surface area (Å²) in [5.74, 6) is -0.718. The fraction of sp³-hybridized carbons (Fsp3) is 0.120. The number of hydrazone groups is 1. The summed E-state index contributed by atoms with van der Waals surface area (Å²) >= 11 is 1.03. The molecule has 0 aliphatic heterocycles. The van der Waals surface area contributed by atoms with Crippen LogP contribution >= 0.6 is 11.8 Å². The monoisotopic (exact) mass is 496 g/mol. The van der Waals surface area contributed by atoms with Gasteiger partial charge in [-0.1, -0.05) is 60.3 Å². The Morgan fingerprint density at radius 2 is 1.74 bits per heavy atom. The number of benzene rings is 3. The number of hydrogen-bond acceptors (Lipinski definition) is 5. The number of carbonyl (C=O) groups excluding carboxylic acids is 1. The van der Waals surface area contributed by atoms with Crippen LogP contribution in [0.25, 0.3) is 16.6 Å². The highest BCUT2D eigenvalue weighted by molar-refractivity contribution is 7.99. The highest BCUT2D eigenvalue weighted by Crippen LogP contribution is 2.31. The van der Waals surface area contributed by atoms with E-state index >= 15 is 0 Å². The van der Waals surface area contributed by atoms with Crippen LogP contribution in [0.3, 0.4) is 0 Å². The number of nitrogens with zero attached hydrogens (tertiary/aromatic N) is 3. The average Bonchev–Trinajstić information content (AvgIpc) is 2.83. The van der Waals surface area contributed by atoms with E-state index in [0.29, 0.717) is 21.7 Å². The van der Waals surface area contributed by atoms with Crippen molar-refractivity contribution >= 4 is 34.8 Å². The number of rotatable bonds is 6. The van der Waals surface area contributed by atoms with Crippen LogP contribution in [0.1, 0.15) is 16.7 Å². The Balaban J connectivity index is 1.56. The Hall–Kier alpha value is -3.92. The molecule has 35 heavy (non-hydrogen) atoms. The highest BCUT2D eigenvalue weighted by Gasteiger charge is 2.32. The number of fused-ring (bicyclic) bond motifs is 1. The first-order valence-electron chi connectivity index (χ1n) is 10.4. The zero-order chi connectivity index (χ0) is 25.0. The van der Waals surface area contributed by atoms with Gasteiger partial charge in [-0.3, -0.25) is 14.2 Å². The van der Waals surface area contributed by atoms with Crippen molar-refractivity contribution in [3.05, 3.63) is 99.8 Å². The van der Waals surface area contributed by atoms with E-state index in [1.165, 1.54) is 22.8 Å². The summed E-state index contributed by atoms with van der Waals surface area (Å²) in [5.41, 5.74) is 2.92. The first kappa shape index (κ1) is 24.2. The summed E-state index contributed by atoms with van der Waals surface area (Å²) in [4.78, 5) is 30.2. The fourth-order valence-electron chi connectivity index (χ4n) is 3.44. The molecule has 1 N–H and O–H groups in total. The number of alkyl halides is 3. The summed E-state index contributed by atoms with van der Waals surface area (Å²) in [5, 5.41) is 4.42. The van der Waals surface area contributed by atoms with Crippen molar-refractivity contribution in [2.75, 3.05) is 5.75 Å². The maximum Gasteiger partial charge on any atom is 0.417 e. The molecule has 0 unspecified atom stereocenters. The lowest BCUT2D eigenvalue weighted by atomic mass is 10.1. The minimum atomic E-state index is -4.54. The second kappa shape index (κ2) is 10.1. The molecule has 0 fully saturated rings. The van der Waals surface area contributed by atoms with Crippen LogP contribution < -0.4 is 11.0 Å². The van der Waals surface area contributed by atoms with Gasteiger partial charge >= 0.3 is 6.18 Å². The first-order chi connectivity index (χ1) is 16.8. The van der Waals surface area contributed by atoms with Crippen molar-refractivity contribution in [2.45, 2.75) is 18.3 Å². The molecule has 0 aliphatic carbocycles. The molecule has 0 saturated heterocycles. The summed E-state index contributed by atoms with van der Waals surface area (Å²) in [7, 11) is 0. The molecular weight excluding hydrogens is 477 g/mol. The summed E-state index contributed by atoms with van der Waals surface area (Å²) in [6, 6.07) is 19.2. The van der Waals surface area contributed by atoms with Gasteiger partial charge in [0.05, 0.1) is 34.1 Å². The molecule has 1 amide bonds. The van der Waals surface area contributed by atoms with Gasteiger partial charge in [-0.15, -0.1) is 0 Å². The van der Waals surface area contributed by atoms with Crippen LogP contribution in [0, 0.1) is 6.92 Å². The molecule has 0 bridgehead atoms. The highest BCUT2D eigenvalue weighted by atomic mass is 32.2. The number of hydrogen-bond donors (Lipinski definition) is 1. The van der Waals surface area contributed by atoms with Crippen molar-refractivity contribution in [3.8, 4) is 5.69 Å². The van der Waals surface area contributed by atoms with Crippen LogP contribution in [0.4, 0.5) is 13.2 Å². The van der Waals surface area contributed by atoms with Crippen molar-refractivity contribution in [2.24, 2.45) is 5.10 Å². The number of halogens is 3. The molecule has 6 nitrogen and oxygen atoms in total. The topological polar surface area (TPSA) is 76.3 Å². The number of aromatic nitrogens is 2. The SMILES string of the molecule is Cc1ccccc1-n1c(SCC(=O)N/N=C\c2ccccc2C(F)(F)F)nc2ccccc2c1=O. The summed E-state index contributed by atoms with van der Waals surface area (Å²) < 4.78 is 40.8. The lowest BCUT2D eigenvalue weighted by Crippen LogP contribution is -2.24. The zero-order valence-corrected chi connectivity index (χ0v) is 19.2. The maximum atomic E-state index is 13.3. The number of aryl methyl sites for hydroxylation is 1. The van der Waals surface area contributed by atoms with Crippen molar-refractivity contribution in [1.29, 1.82) is 0 Å². The van der Waals surface area contributed by atoms with Crippen LogP contribution in [0.2, 0.25) is 0 Å². The molecule has 1 aromatic heterocycles. The van der Waals surface area contributed by atoms with Crippen LogP contribution in [-0.2, 0) is 11.0 Å². The number of para-hydroxylation sites is 2. The van der Waals surface area contributed by atoms with Crippen LogP contribution in [-0.4, -0.2) is 27.4 Å². The number of thioether (sulfide) groups is 1. The summed E-state index contributed by atoms with van der Waals surface area (Å²) in [6.45, 7) is 1.87. The van der Waals surface area contributed by atoms with E-state index in [9.17, 15) is 22.8 Å². The quantitative estimate of drug-likeness (QED) is 0.177. The third-order valence-corrected chi connectivity index (χ3v) is 6.03. The van der Waals surface area contributed by atoms with Crippen molar-refractivity contribution in [1.82, 2.24) is 15.0 Å². The zero-order valence-electron chi connectivity index (χ0n) is 18.4. The van der Waals surface area contributed by atoms with E-state index in [-0.39, 0.29) is 16.9 Å². The molecule has 4 rings (SSSR count). The van der Waals surface area contributed by atoms with Gasteiger partial charge in [-0.05, 0) is 36.8 Å². The van der Waals surface area contributed by atoms with Gasteiger partial charge in [-0.25, -0.2) is 10.4 Å². The predicted octanol–water partition coefficient (Wildman–Crippen LogP) is 4.96. The third-order valence-electron chi connectivity index (χ3n) is 5.09. The minimum absolute atomic E-state index is 0.158. The number of carbonyl (C=O) groups is 1. The molecule has 1 heterocycles. The van der Waals surface area contributed by atoms with E-state index in [0.717, 1.165) is 29.6 Å². The second-order valence-electron chi connectivity index (χ2n) is 7.51. The van der Waals surface area contributed by atoms with E-state index in [4.69, 9.17) is 0 Å². The molecule has 0 atom stereocenters. The van der Waals surface area contributed by atoms with Gasteiger partial charge in [0.15, 0.2) is 5.16 Å². The largest absolute Gasteiger partial charge is 0.417 e. The van der Waals surface area contributed by atoms with E-state index in [1.54, 1.807) is 36.4 Å². The molecule has 0 radical (unpaired) electrons. The molecule has 178 valence electrons. The third kappa shape index (κ3) is 5.43. The smallest absolute Gasteiger partial charge is 0.272 e. The van der Waals surface area contributed by atoms with Gasteiger partial charge in [0.1, 0.15) is 0 Å². The molecule has 4 aromatic rings. The van der Waals surface area contributed by atoms with Crippen LogP contribution in [0.5, 0.6) is 0 Å². The van der Waals surface area contributed by atoms with E-state index in [1.807, 2.05) is 19.1 Å². The van der Waals surface area contributed by atoms with Crippen molar-refractivity contribution in [3.63, 3.8) is 0 Å². The van der Waals surface area contributed by atoms with Gasteiger partial charge in [-0.2, -0.15) is 18.3 Å². The molecule has 0 spiro atoms. The lowest BCUT2D eigenvalue weighted by Gasteiger charge is -2.14. The van der Waals surface area contributed by atoms with E-state index in [2.05, 4.69) is 15.5 Å². The Labute approximate surface area is 202 Å². The van der Waals surface area contributed by atoms with Gasteiger partial charge in [0.2, 0.25) is 0 Å². The second-order valence-corrected chi connectivity index (χ2v) is 8.45. The van der Waals surface area contributed by atoms with Gasteiger partial charge in [0.25, 0.3) is 11.5 Å².